The van der Waals surface area contributed by atoms with Crippen LogP contribution in [0.5, 0.6) is 5.75 Å². The molecule has 4 rings (SSSR count). The second-order valence-corrected chi connectivity index (χ2v) is 8.77. The first kappa shape index (κ1) is 23.8. The molecule has 0 fully saturated rings. The molecule has 1 aliphatic heterocycles. The van der Waals surface area contributed by atoms with Crippen molar-refractivity contribution in [1.82, 2.24) is 0 Å². The van der Waals surface area contributed by atoms with Gasteiger partial charge in [-0.05, 0) is 85.6 Å². The van der Waals surface area contributed by atoms with Crippen molar-refractivity contribution in [2.45, 2.75) is 13.8 Å². The molecule has 1 N–H and O–H groups in total. The lowest BCUT2D eigenvalue weighted by molar-refractivity contribution is -0.120. The quantitative estimate of drug-likeness (QED) is 0.246. The Balaban J connectivity index is 1.48. The Morgan fingerprint density at radius 1 is 0.853 bits per heavy atom. The highest BCUT2D eigenvalue weighted by Crippen LogP contribution is 2.31. The zero-order valence-electron chi connectivity index (χ0n) is 18.0. The minimum atomic E-state index is -0.648. The van der Waals surface area contributed by atoms with Gasteiger partial charge in [0.25, 0.3) is 11.8 Å². The third kappa shape index (κ3) is 4.66. The Bertz CT molecular complexity index is 1330. The summed E-state index contributed by atoms with van der Waals surface area (Å²) in [5.74, 6) is -1.41. The highest BCUT2D eigenvalue weighted by molar-refractivity contribution is 6.53. The molecular weight excluding hydrogens is 499 g/mol. The summed E-state index contributed by atoms with van der Waals surface area (Å²) >= 11 is 18.2. The van der Waals surface area contributed by atoms with Gasteiger partial charge in [0.2, 0.25) is 0 Å². The molecule has 3 aromatic carbocycles. The van der Waals surface area contributed by atoms with Gasteiger partial charge in [-0.1, -0.05) is 34.8 Å². The van der Waals surface area contributed by atoms with E-state index in [1.165, 1.54) is 12.1 Å². The number of carbonyl (C=O) groups excluding carboxylic acids is 3. The lowest BCUT2D eigenvalue weighted by Crippen LogP contribution is -2.32. The largest absolute Gasteiger partial charge is 0.423 e. The molecule has 1 aliphatic rings. The summed E-state index contributed by atoms with van der Waals surface area (Å²) < 4.78 is 5.45. The molecule has 172 valence electrons. The van der Waals surface area contributed by atoms with Crippen LogP contribution in [-0.4, -0.2) is 17.8 Å². The number of aryl methyl sites for hydroxylation is 2. The SMILES string of the molecule is Cc1cc(OC(=O)c2ccc(NC3=C(Cl)C(=O)N(c4ccc(Cl)cc4)C3=O)cc2)cc(C)c1Cl. The highest BCUT2D eigenvalue weighted by Gasteiger charge is 2.38. The standard InChI is InChI=1S/C25H17Cl3N2O4/c1-13-11-19(12-14(2)20(13)27)34-25(33)15-3-7-17(8-4-15)29-22-21(28)23(31)30(24(22)32)18-9-5-16(26)6-10-18/h3-12,29H,1-2H3. The Kier molecular flexibility index (Phi) is 6.66. The highest BCUT2D eigenvalue weighted by atomic mass is 35.5. The zero-order valence-corrected chi connectivity index (χ0v) is 20.3. The lowest BCUT2D eigenvalue weighted by Gasteiger charge is -2.15. The molecule has 34 heavy (non-hydrogen) atoms. The fraction of sp³-hybridized carbons (Fsp3) is 0.0800. The molecule has 0 radical (unpaired) electrons. The van der Waals surface area contributed by atoms with Crippen LogP contribution in [0.15, 0.2) is 71.4 Å². The van der Waals surface area contributed by atoms with Crippen LogP contribution in [-0.2, 0) is 9.59 Å². The number of benzene rings is 3. The second kappa shape index (κ2) is 9.50. The van der Waals surface area contributed by atoms with Gasteiger partial charge in [-0.25, -0.2) is 9.69 Å². The van der Waals surface area contributed by atoms with Gasteiger partial charge < -0.3 is 10.1 Å². The minimum Gasteiger partial charge on any atom is -0.423 e. The molecule has 0 aliphatic carbocycles. The topological polar surface area (TPSA) is 75.7 Å². The second-order valence-electron chi connectivity index (χ2n) is 7.57. The monoisotopic (exact) mass is 514 g/mol. The number of hydrogen-bond donors (Lipinski definition) is 1. The first-order valence-corrected chi connectivity index (χ1v) is 11.2. The van der Waals surface area contributed by atoms with Crippen molar-refractivity contribution >= 4 is 64.0 Å². The number of amides is 2. The third-order valence-corrected chi connectivity index (χ3v) is 6.32. The number of ether oxygens (including phenoxy) is 1. The summed E-state index contributed by atoms with van der Waals surface area (Å²) in [5, 5.41) is 3.72. The maximum Gasteiger partial charge on any atom is 0.343 e. The van der Waals surface area contributed by atoms with Crippen LogP contribution in [0.4, 0.5) is 11.4 Å². The smallest absolute Gasteiger partial charge is 0.343 e. The third-order valence-electron chi connectivity index (χ3n) is 5.12. The van der Waals surface area contributed by atoms with E-state index in [4.69, 9.17) is 39.5 Å². The van der Waals surface area contributed by atoms with Gasteiger partial charge >= 0.3 is 5.97 Å². The molecule has 0 atom stereocenters. The summed E-state index contributed by atoms with van der Waals surface area (Å²) in [6, 6.07) is 15.8. The van der Waals surface area contributed by atoms with Gasteiger partial charge in [0.15, 0.2) is 0 Å². The van der Waals surface area contributed by atoms with Crippen molar-refractivity contribution in [2.75, 3.05) is 10.2 Å². The van der Waals surface area contributed by atoms with Gasteiger partial charge in [-0.15, -0.1) is 0 Å². The van der Waals surface area contributed by atoms with Crippen LogP contribution in [0, 0.1) is 13.8 Å². The Morgan fingerprint density at radius 2 is 1.44 bits per heavy atom. The van der Waals surface area contributed by atoms with E-state index < -0.39 is 17.8 Å². The van der Waals surface area contributed by atoms with Crippen molar-refractivity contribution in [3.8, 4) is 5.75 Å². The van der Waals surface area contributed by atoms with Crippen LogP contribution in [0.1, 0.15) is 21.5 Å². The maximum absolute atomic E-state index is 12.9. The number of carbonyl (C=O) groups is 3. The summed E-state index contributed by atoms with van der Waals surface area (Å²) in [5.41, 5.74) is 2.65. The van der Waals surface area contributed by atoms with E-state index in [2.05, 4.69) is 5.32 Å². The molecule has 0 bridgehead atoms. The number of anilines is 2. The predicted octanol–water partition coefficient (Wildman–Crippen LogP) is 6.27. The van der Waals surface area contributed by atoms with Crippen molar-refractivity contribution < 1.29 is 19.1 Å². The molecule has 0 aromatic heterocycles. The number of nitrogens with zero attached hydrogens (tertiary/aromatic N) is 1. The number of rotatable bonds is 5. The number of imide groups is 1. The van der Waals surface area contributed by atoms with E-state index in [0.29, 0.717) is 32.7 Å². The van der Waals surface area contributed by atoms with Crippen molar-refractivity contribution in [1.29, 1.82) is 0 Å². The summed E-state index contributed by atoms with van der Waals surface area (Å²) in [6.45, 7) is 3.66. The molecule has 0 unspecified atom stereocenters. The Morgan fingerprint density at radius 3 is 2.03 bits per heavy atom. The van der Waals surface area contributed by atoms with Gasteiger partial charge in [0.05, 0.1) is 11.3 Å². The average molecular weight is 516 g/mol. The number of esters is 1. The fourth-order valence-corrected chi connectivity index (χ4v) is 3.85. The normalized spacial score (nSPS) is 13.5. The number of hydrogen-bond acceptors (Lipinski definition) is 5. The van der Waals surface area contributed by atoms with Crippen LogP contribution >= 0.6 is 34.8 Å². The van der Waals surface area contributed by atoms with E-state index in [-0.39, 0.29) is 10.7 Å². The molecule has 0 saturated heterocycles. The summed E-state index contributed by atoms with van der Waals surface area (Å²) in [4.78, 5) is 38.9. The van der Waals surface area contributed by atoms with Crippen LogP contribution in [0.25, 0.3) is 0 Å². The van der Waals surface area contributed by atoms with Crippen molar-refractivity contribution in [3.05, 3.63) is 98.1 Å². The van der Waals surface area contributed by atoms with E-state index >= 15 is 0 Å². The molecule has 0 spiro atoms. The Labute approximate surface area is 210 Å². The molecule has 0 saturated carbocycles. The molecule has 3 aromatic rings. The van der Waals surface area contributed by atoms with E-state index in [1.54, 1.807) is 48.5 Å². The Hall–Kier alpha value is -3.32. The first-order valence-electron chi connectivity index (χ1n) is 10.1. The molecule has 2 amide bonds. The van der Waals surface area contributed by atoms with E-state index in [9.17, 15) is 14.4 Å². The predicted molar refractivity (Wildman–Crippen MR) is 133 cm³/mol. The van der Waals surface area contributed by atoms with Gasteiger partial charge in [-0.3, -0.25) is 9.59 Å². The van der Waals surface area contributed by atoms with Crippen LogP contribution < -0.4 is 15.0 Å². The van der Waals surface area contributed by atoms with Gasteiger partial charge in [0, 0.05) is 15.7 Å². The van der Waals surface area contributed by atoms with Gasteiger partial charge in [-0.2, -0.15) is 0 Å². The van der Waals surface area contributed by atoms with Crippen LogP contribution in [0.2, 0.25) is 10.0 Å². The van der Waals surface area contributed by atoms with Crippen molar-refractivity contribution in [2.24, 2.45) is 0 Å². The minimum absolute atomic E-state index is 0.0657. The number of nitrogens with one attached hydrogen (secondary N) is 1. The summed E-state index contributed by atoms with van der Waals surface area (Å²) in [7, 11) is 0. The van der Waals surface area contributed by atoms with E-state index in [0.717, 1.165) is 16.0 Å². The van der Waals surface area contributed by atoms with Crippen molar-refractivity contribution in [3.63, 3.8) is 0 Å². The zero-order chi connectivity index (χ0) is 24.6. The molecule has 9 heteroatoms. The van der Waals surface area contributed by atoms with Gasteiger partial charge in [0.1, 0.15) is 16.5 Å². The number of halogens is 3. The summed E-state index contributed by atoms with van der Waals surface area (Å²) in [6.07, 6.45) is 0. The lowest BCUT2D eigenvalue weighted by atomic mass is 10.1. The molecule has 6 nitrogen and oxygen atoms in total. The first-order chi connectivity index (χ1) is 16.2. The molecular formula is C25H17Cl3N2O4. The molecule has 1 heterocycles. The average Bonchev–Trinajstić information content (AvgIpc) is 3.01. The fourth-order valence-electron chi connectivity index (χ4n) is 3.40. The maximum atomic E-state index is 12.9. The van der Waals surface area contributed by atoms with E-state index in [1.807, 2.05) is 13.8 Å². The van der Waals surface area contributed by atoms with Crippen LogP contribution in [0.3, 0.4) is 0 Å².